The molecular weight excluding hydrogens is 929 g/mol. The molecule has 0 spiro atoms. The Morgan fingerprint density at radius 1 is 0.311 bits per heavy atom. The van der Waals surface area contributed by atoms with Crippen LogP contribution in [-0.2, 0) is 0 Å². The summed E-state index contributed by atoms with van der Waals surface area (Å²) in [5.74, 6) is 2.75. The van der Waals surface area contributed by atoms with Gasteiger partial charge in [0.25, 0.3) is 0 Å². The first kappa shape index (κ1) is 43.6. The standard InChI is InChI=1S/C62H38N4O8/c67-61(68)35-11-15-39(16-12-35)73-43-21-25-47-51(29-43)60-34-56-48-26-22-44(74-40-17-13-36(14-18-40)62(69)70)30-52(48)59(66-56)33-54-46-24-20-42(72-38-9-5-2-6-10-38)28-50(46)57(64-54)31-53-45-23-19-41(71-37-7-3-1-4-8-37)27-49(45)58(63-53)32-55(47)65-60/h1-34,63,66H,(H,67,68)(H,69,70). The monoisotopic (exact) mass is 966 g/mol. The van der Waals surface area contributed by atoms with Gasteiger partial charge in [-0.2, -0.15) is 0 Å². The van der Waals surface area contributed by atoms with Crippen LogP contribution in [0.4, 0.5) is 0 Å². The molecule has 12 heteroatoms. The minimum absolute atomic E-state index is 0.157. The van der Waals surface area contributed by atoms with Gasteiger partial charge in [-0.1, -0.05) is 36.4 Å². The molecule has 0 aliphatic carbocycles. The Labute approximate surface area is 421 Å². The summed E-state index contributed by atoms with van der Waals surface area (Å²) in [7, 11) is 0. The van der Waals surface area contributed by atoms with Gasteiger partial charge in [-0.15, -0.1) is 0 Å². The van der Waals surface area contributed by atoms with Gasteiger partial charge in [-0.05, 0) is 170 Å². The van der Waals surface area contributed by atoms with E-state index in [1.54, 1.807) is 24.3 Å². The lowest BCUT2D eigenvalue weighted by Crippen LogP contribution is -1.95. The number of carboxylic acids is 2. The smallest absolute Gasteiger partial charge is 0.335 e. The lowest BCUT2D eigenvalue weighted by atomic mass is 10.0. The number of nitrogens with zero attached hydrogens (tertiary/aromatic N) is 2. The fourth-order valence-electron chi connectivity index (χ4n) is 9.49. The number of ether oxygens (including phenoxy) is 4. The van der Waals surface area contributed by atoms with Gasteiger partial charge in [-0.25, -0.2) is 19.6 Å². The summed E-state index contributed by atoms with van der Waals surface area (Å²) in [5, 5.41) is 22.6. The first-order valence-electron chi connectivity index (χ1n) is 23.6. The summed E-state index contributed by atoms with van der Waals surface area (Å²) in [5.41, 5.74) is 9.74. The van der Waals surface area contributed by atoms with E-state index in [4.69, 9.17) is 28.9 Å². The molecule has 0 unspecified atom stereocenters. The molecule has 354 valence electrons. The summed E-state index contributed by atoms with van der Waals surface area (Å²) in [6.45, 7) is 0. The van der Waals surface area contributed by atoms with Crippen LogP contribution in [0.25, 0.3) is 88.6 Å². The first-order valence-corrected chi connectivity index (χ1v) is 23.6. The molecule has 5 heterocycles. The quantitative estimate of drug-likeness (QED) is 0.103. The Morgan fingerprint density at radius 3 is 1.00 bits per heavy atom. The van der Waals surface area contributed by atoms with Crippen molar-refractivity contribution in [3.8, 4) is 91.0 Å². The number of hydrogen-bond acceptors (Lipinski definition) is 8. The van der Waals surface area contributed by atoms with E-state index in [0.717, 1.165) is 71.6 Å². The first-order chi connectivity index (χ1) is 36.2. The van der Waals surface area contributed by atoms with Crippen molar-refractivity contribution in [1.82, 2.24) is 19.9 Å². The van der Waals surface area contributed by atoms with Crippen molar-refractivity contribution in [3.63, 3.8) is 0 Å². The Balaban J connectivity index is 1.05. The topological polar surface area (TPSA) is 169 Å². The summed E-state index contributed by atoms with van der Waals surface area (Å²) in [6, 6.07) is 63.8. The van der Waals surface area contributed by atoms with Crippen LogP contribution in [0.5, 0.6) is 46.0 Å². The zero-order valence-electron chi connectivity index (χ0n) is 38.9. The second kappa shape index (κ2) is 17.7. The normalized spacial score (nSPS) is 11.5. The number of carboxylic acid groups (broad SMARTS) is 2. The number of benzene rings is 8. The van der Waals surface area contributed by atoms with Crippen LogP contribution in [0, 0.1) is 0 Å². The van der Waals surface area contributed by atoms with Crippen LogP contribution >= 0.6 is 0 Å². The highest BCUT2D eigenvalue weighted by Gasteiger charge is 2.22. The van der Waals surface area contributed by atoms with Gasteiger partial charge in [0, 0.05) is 65.9 Å². The number of rotatable bonds is 10. The van der Waals surface area contributed by atoms with Crippen LogP contribution < -0.4 is 18.9 Å². The van der Waals surface area contributed by atoms with Gasteiger partial charge < -0.3 is 39.1 Å². The van der Waals surface area contributed by atoms with Gasteiger partial charge in [-0.3, -0.25) is 0 Å². The summed E-state index contributed by atoms with van der Waals surface area (Å²) in [6.07, 6.45) is 0. The van der Waals surface area contributed by atoms with E-state index in [1.807, 2.05) is 140 Å². The molecule has 2 aliphatic rings. The van der Waals surface area contributed by atoms with Crippen LogP contribution in [0.15, 0.2) is 206 Å². The molecule has 3 aromatic heterocycles. The molecule has 0 saturated carbocycles. The Kier molecular flexibility index (Phi) is 10.4. The number of aromatic amines is 2. The molecule has 4 N–H and O–H groups in total. The number of fused-ring (bicyclic) bond motifs is 20. The van der Waals surface area contributed by atoms with E-state index in [9.17, 15) is 19.8 Å². The maximum atomic E-state index is 11.6. The lowest BCUT2D eigenvalue weighted by molar-refractivity contribution is 0.0686. The molecule has 12 nitrogen and oxygen atoms in total. The van der Waals surface area contributed by atoms with Crippen molar-refractivity contribution in [2.24, 2.45) is 0 Å². The molecule has 74 heavy (non-hydrogen) atoms. The molecule has 0 amide bonds. The van der Waals surface area contributed by atoms with E-state index in [0.29, 0.717) is 63.1 Å². The van der Waals surface area contributed by atoms with Crippen LogP contribution in [-0.4, -0.2) is 42.1 Å². The summed E-state index contributed by atoms with van der Waals surface area (Å²) >= 11 is 0. The van der Waals surface area contributed by atoms with Crippen molar-refractivity contribution < 1.29 is 38.7 Å². The highest BCUT2D eigenvalue weighted by atomic mass is 16.5. The molecule has 0 radical (unpaired) electrons. The Morgan fingerprint density at radius 2 is 0.622 bits per heavy atom. The van der Waals surface area contributed by atoms with Crippen LogP contribution in [0.2, 0.25) is 0 Å². The lowest BCUT2D eigenvalue weighted by Gasteiger charge is -2.08. The third kappa shape index (κ3) is 8.23. The highest BCUT2D eigenvalue weighted by molar-refractivity contribution is 6.11. The fourth-order valence-corrected chi connectivity index (χ4v) is 9.49. The maximum absolute atomic E-state index is 11.6. The van der Waals surface area contributed by atoms with Crippen molar-refractivity contribution in [3.05, 3.63) is 217 Å². The molecule has 13 rings (SSSR count). The second-order valence-corrected chi connectivity index (χ2v) is 17.8. The van der Waals surface area contributed by atoms with Gasteiger partial charge in [0.05, 0.1) is 33.9 Å². The summed E-state index contributed by atoms with van der Waals surface area (Å²) < 4.78 is 25.4. The Bertz CT molecular complexity index is 4250. The van der Waals surface area contributed by atoms with E-state index in [-0.39, 0.29) is 11.1 Å². The van der Waals surface area contributed by atoms with E-state index < -0.39 is 11.9 Å². The van der Waals surface area contributed by atoms with Crippen molar-refractivity contribution in [1.29, 1.82) is 0 Å². The molecule has 0 fully saturated rings. The van der Waals surface area contributed by atoms with Crippen molar-refractivity contribution in [2.45, 2.75) is 0 Å². The van der Waals surface area contributed by atoms with Crippen LogP contribution in [0.3, 0.4) is 0 Å². The van der Waals surface area contributed by atoms with Gasteiger partial charge >= 0.3 is 11.9 Å². The fraction of sp³-hybridized carbons (Fsp3) is 0. The molecule has 8 bridgehead atoms. The summed E-state index contributed by atoms with van der Waals surface area (Å²) in [4.78, 5) is 41.4. The number of para-hydroxylation sites is 2. The van der Waals surface area contributed by atoms with E-state index >= 15 is 0 Å². The molecular formula is C62H38N4O8. The number of hydrogen-bond donors (Lipinski definition) is 4. The van der Waals surface area contributed by atoms with Crippen LogP contribution in [0.1, 0.15) is 20.7 Å². The predicted molar refractivity (Wildman–Crippen MR) is 285 cm³/mol. The number of aromatic carboxylic acids is 2. The molecule has 0 atom stereocenters. The average Bonchev–Trinajstić information content (AvgIpc) is 4.15. The minimum atomic E-state index is -1.02. The average molecular weight is 967 g/mol. The third-order valence-corrected chi connectivity index (χ3v) is 13.0. The van der Waals surface area contributed by atoms with E-state index in [1.165, 1.54) is 24.3 Å². The SMILES string of the molecule is O=C(O)c1ccc(Oc2ccc3c(c2)-c2cc4[nH]c(cc5nc(cc6[nH]c(cc-3n2)c2cc(Oc3ccccc3)ccc62)-c2cc(Oc3ccccc3)ccc2-5)c2cc(Oc3ccc(C(=O)O)cc3)ccc42)cc1. The van der Waals surface area contributed by atoms with Gasteiger partial charge in [0.2, 0.25) is 0 Å². The molecule has 8 aromatic carbocycles. The largest absolute Gasteiger partial charge is 0.478 e. The number of aromatic nitrogens is 4. The van der Waals surface area contributed by atoms with Crippen molar-refractivity contribution >= 4 is 55.6 Å². The molecule has 0 saturated heterocycles. The predicted octanol–water partition coefficient (Wildman–Crippen LogP) is 15.9. The minimum Gasteiger partial charge on any atom is -0.478 e. The zero-order chi connectivity index (χ0) is 49.9. The Hall–Kier alpha value is -10.5. The number of nitrogens with one attached hydrogen (secondary N) is 2. The third-order valence-electron chi connectivity index (χ3n) is 13.0. The number of carbonyl (C=O) groups is 2. The maximum Gasteiger partial charge on any atom is 0.335 e. The van der Waals surface area contributed by atoms with Gasteiger partial charge in [0.15, 0.2) is 0 Å². The highest BCUT2D eigenvalue weighted by Crippen LogP contribution is 2.44. The van der Waals surface area contributed by atoms with Crippen molar-refractivity contribution in [2.75, 3.05) is 0 Å². The molecule has 11 aromatic rings. The molecule has 2 aliphatic heterocycles. The van der Waals surface area contributed by atoms with Gasteiger partial charge in [0.1, 0.15) is 46.0 Å². The zero-order valence-corrected chi connectivity index (χ0v) is 38.9. The second-order valence-electron chi connectivity index (χ2n) is 17.8. The number of H-pyrrole nitrogens is 2. The van der Waals surface area contributed by atoms with E-state index in [2.05, 4.69) is 28.2 Å².